The second-order valence-electron chi connectivity index (χ2n) is 8.38. The largest absolute Gasteiger partial charge is 0.384 e. The average molecular weight is 424 g/mol. The fourth-order valence-corrected chi connectivity index (χ4v) is 5.38. The molecule has 1 aromatic heterocycles. The van der Waals surface area contributed by atoms with Crippen LogP contribution in [-0.2, 0) is 4.79 Å². The number of halogens is 1. The molecule has 2 aliphatic rings. The third kappa shape index (κ3) is 3.17. The Hall–Kier alpha value is -2.55. The molecule has 4 nitrogen and oxygen atoms in total. The summed E-state index contributed by atoms with van der Waals surface area (Å²) in [6.07, 6.45) is 1.15. The second-order valence-corrected chi connectivity index (χ2v) is 9.77. The highest BCUT2D eigenvalue weighted by molar-refractivity contribution is 7.10. The van der Waals surface area contributed by atoms with Gasteiger partial charge in [-0.15, -0.1) is 11.3 Å². The van der Waals surface area contributed by atoms with E-state index in [-0.39, 0.29) is 11.2 Å². The zero-order valence-corrected chi connectivity index (χ0v) is 18.2. The van der Waals surface area contributed by atoms with E-state index in [0.717, 1.165) is 21.8 Å². The van der Waals surface area contributed by atoms with Gasteiger partial charge in [0.05, 0.1) is 23.2 Å². The molecule has 1 aliphatic carbocycles. The molecule has 0 amide bonds. The maximum Gasteiger partial charge on any atom is 0.162 e. The van der Waals surface area contributed by atoms with E-state index in [4.69, 9.17) is 17.3 Å². The van der Waals surface area contributed by atoms with Gasteiger partial charge in [0.1, 0.15) is 5.82 Å². The minimum Gasteiger partial charge on any atom is -0.384 e. The number of anilines is 1. The quantitative estimate of drug-likeness (QED) is 0.677. The number of carbonyl (C=O) groups is 1. The number of hydrogen-bond acceptors (Lipinski definition) is 5. The first-order chi connectivity index (χ1) is 13.7. The summed E-state index contributed by atoms with van der Waals surface area (Å²) < 4.78 is 0. The number of nitriles is 1. The highest BCUT2D eigenvalue weighted by atomic mass is 35.5. The molecule has 1 aromatic carbocycles. The van der Waals surface area contributed by atoms with E-state index < -0.39 is 5.92 Å². The van der Waals surface area contributed by atoms with Crippen LogP contribution in [0.2, 0.25) is 5.02 Å². The van der Waals surface area contributed by atoms with Crippen LogP contribution in [-0.4, -0.2) is 5.78 Å². The van der Waals surface area contributed by atoms with Gasteiger partial charge >= 0.3 is 0 Å². The maximum absolute atomic E-state index is 13.4. The van der Waals surface area contributed by atoms with Crippen LogP contribution in [0.1, 0.15) is 43.0 Å². The van der Waals surface area contributed by atoms with Crippen LogP contribution in [0.5, 0.6) is 0 Å². The van der Waals surface area contributed by atoms with E-state index in [1.54, 1.807) is 11.3 Å². The van der Waals surface area contributed by atoms with Gasteiger partial charge in [-0.05, 0) is 47.9 Å². The molecule has 2 heterocycles. The van der Waals surface area contributed by atoms with E-state index in [2.05, 4.69) is 19.9 Å². The van der Waals surface area contributed by atoms with Crippen molar-refractivity contribution >= 4 is 34.4 Å². The van der Waals surface area contributed by atoms with Crippen molar-refractivity contribution in [3.05, 3.63) is 73.8 Å². The molecule has 148 valence electrons. The van der Waals surface area contributed by atoms with Crippen LogP contribution in [0.25, 0.3) is 0 Å². The van der Waals surface area contributed by atoms with E-state index in [1.807, 2.05) is 47.5 Å². The molecule has 0 saturated heterocycles. The van der Waals surface area contributed by atoms with Crippen molar-refractivity contribution in [3.8, 4) is 6.07 Å². The monoisotopic (exact) mass is 423 g/mol. The van der Waals surface area contributed by atoms with Crippen LogP contribution in [0.4, 0.5) is 5.69 Å². The molecule has 0 bridgehead atoms. The Labute approximate surface area is 179 Å². The number of allylic oxidation sites excluding steroid dienone is 3. The molecule has 29 heavy (non-hydrogen) atoms. The number of carbonyl (C=O) groups excluding carboxylic acids is 1. The zero-order valence-electron chi connectivity index (χ0n) is 16.6. The molecular formula is C23H22ClN3OS. The lowest BCUT2D eigenvalue weighted by Gasteiger charge is -2.44. The number of ketones is 1. The van der Waals surface area contributed by atoms with E-state index in [1.165, 1.54) is 0 Å². The van der Waals surface area contributed by atoms with E-state index >= 15 is 0 Å². The van der Waals surface area contributed by atoms with E-state index in [9.17, 15) is 10.1 Å². The summed E-state index contributed by atoms with van der Waals surface area (Å²) in [6, 6.07) is 11.8. The average Bonchev–Trinajstić information content (AvgIpc) is 3.17. The fourth-order valence-electron chi connectivity index (χ4n) is 4.36. The van der Waals surface area contributed by atoms with Gasteiger partial charge in [-0.25, -0.2) is 0 Å². The Morgan fingerprint density at radius 2 is 2.03 bits per heavy atom. The Morgan fingerprint density at radius 1 is 1.28 bits per heavy atom. The highest BCUT2D eigenvalue weighted by Crippen LogP contribution is 2.51. The molecular weight excluding hydrogens is 402 g/mol. The van der Waals surface area contributed by atoms with Crippen LogP contribution < -0.4 is 10.6 Å². The number of thiophene rings is 1. The lowest BCUT2D eigenvalue weighted by atomic mass is 9.69. The number of nitrogens with zero attached hydrogens (tertiary/aromatic N) is 2. The summed E-state index contributed by atoms with van der Waals surface area (Å²) in [5.41, 5.74) is 10.1. The Bertz CT molecular complexity index is 1110. The molecule has 4 rings (SSSR count). The molecule has 6 heteroatoms. The fraction of sp³-hybridized carbons (Fsp3) is 0.304. The predicted octanol–water partition coefficient (Wildman–Crippen LogP) is 5.65. The molecule has 1 atom stereocenters. The summed E-state index contributed by atoms with van der Waals surface area (Å²) in [5.74, 6) is 0.0504. The van der Waals surface area contributed by atoms with Crippen LogP contribution in [0.15, 0.2) is 58.4 Å². The van der Waals surface area contributed by atoms with Gasteiger partial charge in [-0.2, -0.15) is 5.26 Å². The molecule has 2 N–H and O–H groups in total. The number of hydrogen-bond donors (Lipinski definition) is 1. The SMILES string of the molecule is Cc1c(Cl)cccc1N1C(N)=C(C#N)[C@H](c2cccs2)C2=C1CC(C)(C)CC2=O. The highest BCUT2D eigenvalue weighted by Gasteiger charge is 2.45. The van der Waals surface area contributed by atoms with Crippen LogP contribution >= 0.6 is 22.9 Å². The molecule has 0 spiro atoms. The first-order valence-corrected chi connectivity index (χ1v) is 10.8. The first-order valence-electron chi connectivity index (χ1n) is 9.50. The van der Waals surface area contributed by atoms with Crippen molar-refractivity contribution in [3.63, 3.8) is 0 Å². The normalized spacial score (nSPS) is 21.3. The van der Waals surface area contributed by atoms with Gasteiger partial charge in [-0.1, -0.05) is 37.6 Å². The standard InChI is InChI=1S/C23H22ClN3OS/c1-13-15(24)6-4-7-16(13)27-17-10-23(2,3)11-18(28)21(17)20(14(12-25)22(27)26)19-8-5-9-29-19/h4-9,20H,10-11,26H2,1-3H3/t20-/m1/s1. The van der Waals surface area contributed by atoms with Crippen molar-refractivity contribution in [2.24, 2.45) is 11.1 Å². The zero-order chi connectivity index (χ0) is 20.9. The number of rotatable bonds is 2. The lowest BCUT2D eigenvalue weighted by Crippen LogP contribution is -2.42. The van der Waals surface area contributed by atoms with Crippen molar-refractivity contribution in [1.29, 1.82) is 5.26 Å². The summed E-state index contributed by atoms with van der Waals surface area (Å²) in [7, 11) is 0. The maximum atomic E-state index is 13.4. The molecule has 2 aromatic rings. The van der Waals surface area contributed by atoms with Gasteiger partial charge in [-0.3, -0.25) is 9.69 Å². The van der Waals surface area contributed by atoms with Crippen molar-refractivity contribution < 1.29 is 4.79 Å². The molecule has 0 radical (unpaired) electrons. The summed E-state index contributed by atoms with van der Waals surface area (Å²) in [5, 5.41) is 12.6. The molecule has 1 aliphatic heterocycles. The van der Waals surface area contributed by atoms with Crippen molar-refractivity contribution in [2.75, 3.05) is 4.90 Å². The minimum absolute atomic E-state index is 0.0829. The van der Waals surface area contributed by atoms with Gasteiger partial charge in [0, 0.05) is 27.6 Å². The third-order valence-corrected chi connectivity index (χ3v) is 7.04. The first kappa shape index (κ1) is 19.8. The predicted molar refractivity (Wildman–Crippen MR) is 118 cm³/mol. The van der Waals surface area contributed by atoms with Crippen molar-refractivity contribution in [2.45, 2.75) is 39.5 Å². The second kappa shape index (κ2) is 7.05. The van der Waals surface area contributed by atoms with Gasteiger partial charge in [0.25, 0.3) is 0 Å². The smallest absolute Gasteiger partial charge is 0.162 e. The van der Waals surface area contributed by atoms with Gasteiger partial charge in [0.2, 0.25) is 0 Å². The number of benzene rings is 1. The van der Waals surface area contributed by atoms with E-state index in [0.29, 0.717) is 34.8 Å². The summed E-state index contributed by atoms with van der Waals surface area (Å²) in [4.78, 5) is 16.2. The Kier molecular flexibility index (Phi) is 4.80. The topological polar surface area (TPSA) is 70.1 Å². The van der Waals surface area contributed by atoms with Crippen molar-refractivity contribution in [1.82, 2.24) is 0 Å². The molecule has 0 saturated carbocycles. The molecule has 0 fully saturated rings. The van der Waals surface area contributed by atoms with Gasteiger partial charge < -0.3 is 5.73 Å². The molecule has 0 unspecified atom stereocenters. The van der Waals surface area contributed by atoms with Crippen LogP contribution in [0.3, 0.4) is 0 Å². The number of Topliss-reactive ketones (excluding diaryl/α,β-unsaturated/α-hetero) is 1. The minimum atomic E-state index is -0.408. The Morgan fingerprint density at radius 3 is 2.69 bits per heavy atom. The van der Waals surface area contributed by atoms with Crippen LogP contribution in [0, 0.1) is 23.7 Å². The van der Waals surface area contributed by atoms with Gasteiger partial charge in [0.15, 0.2) is 5.78 Å². The summed E-state index contributed by atoms with van der Waals surface area (Å²) >= 11 is 7.93. The third-order valence-electron chi connectivity index (χ3n) is 5.69. The Balaban J connectivity index is 2.03. The summed E-state index contributed by atoms with van der Waals surface area (Å²) in [6.45, 7) is 6.12. The lowest BCUT2D eigenvalue weighted by molar-refractivity contribution is -0.118. The number of nitrogens with two attached hydrogens (primary N) is 1.